The minimum absolute atomic E-state index is 0. The summed E-state index contributed by atoms with van der Waals surface area (Å²) < 4.78 is 0. The van der Waals surface area contributed by atoms with Crippen LogP contribution < -0.4 is 0 Å². The third kappa shape index (κ3) is 57.4. The molecule has 0 unspecified atom stereocenters. The zero-order valence-electron chi connectivity index (χ0n) is 8.83. The van der Waals surface area contributed by atoms with Gasteiger partial charge in [0.05, 0.1) is 0 Å². The Hall–Kier alpha value is 0.843. The summed E-state index contributed by atoms with van der Waals surface area (Å²) in [4.78, 5) is 0. The summed E-state index contributed by atoms with van der Waals surface area (Å²) in [6.45, 7) is 2.75. The van der Waals surface area contributed by atoms with E-state index < -0.39 is 0 Å². The van der Waals surface area contributed by atoms with Gasteiger partial charge in [0.2, 0.25) is 0 Å². The average Bonchev–Trinajstić information content (AvgIpc) is 1.61. The van der Waals surface area contributed by atoms with E-state index in [1.165, 1.54) is 12.8 Å². The van der Waals surface area contributed by atoms with Gasteiger partial charge in [0.15, 0.2) is 0 Å². The van der Waals surface area contributed by atoms with Gasteiger partial charge in [-0.05, 0) is 0 Å². The monoisotopic (exact) mass is 236 g/mol. The summed E-state index contributed by atoms with van der Waals surface area (Å²) in [5.74, 6) is 0. The Bertz CT molecular complexity index is 21.5. The van der Waals surface area contributed by atoms with Crippen molar-refractivity contribution < 1.29 is 26.2 Å². The summed E-state index contributed by atoms with van der Waals surface area (Å²) in [5.41, 5.74) is 6.71. The van der Waals surface area contributed by atoms with E-state index in [0.29, 0.717) is 6.54 Å². The fourth-order valence-corrected chi connectivity index (χ4v) is 0.375. The van der Waals surface area contributed by atoms with Gasteiger partial charge in [0, 0.05) is 26.2 Å². The van der Waals surface area contributed by atoms with Crippen LogP contribution in [0.5, 0.6) is 0 Å². The number of rotatable bonds is 3. The smallest absolute Gasteiger partial charge is 0 e. The minimum Gasteiger partial charge on any atom is -0.677 e. The van der Waals surface area contributed by atoms with E-state index in [4.69, 9.17) is 5.73 Å². The molecule has 0 rings (SSSR count). The number of hydrogen-bond donors (Lipinski definition) is 0. The van der Waals surface area contributed by atoms with E-state index in [2.05, 4.69) is 6.92 Å². The first-order valence-electron chi connectivity index (χ1n) is 2.56. The van der Waals surface area contributed by atoms with Gasteiger partial charge < -0.3 is 35.4 Å². The molecule has 1 N–H and O–H groups in total. The van der Waals surface area contributed by atoms with Gasteiger partial charge in [-0.3, -0.25) is 0 Å². The number of nitrogens with one attached hydrogen (secondary N) is 1. The predicted octanol–water partition coefficient (Wildman–Crippen LogP) is 4.03. The molecular weight excluding hydrogens is 213 g/mol. The van der Waals surface area contributed by atoms with Gasteiger partial charge >= 0.3 is 0 Å². The Kier molecular flexibility index (Phi) is 166. The van der Waals surface area contributed by atoms with Gasteiger partial charge in [-0.15, -0.1) is 0 Å². The molecule has 0 amide bonds. The standard InChI is InChI=1S/C5H12N.4CH3.Zr/c1-2-3-4-5-6;;;;;/h6H,2-5H2,1H3;4*1H3;/q5*-1;. The molecule has 0 fully saturated rings. The first kappa shape index (κ1) is 40.8. The molecule has 0 aromatic rings. The van der Waals surface area contributed by atoms with Crippen LogP contribution in [0.3, 0.4) is 0 Å². The van der Waals surface area contributed by atoms with Crippen molar-refractivity contribution >= 4 is 0 Å². The van der Waals surface area contributed by atoms with Gasteiger partial charge in [-0.1, -0.05) is 26.2 Å². The summed E-state index contributed by atoms with van der Waals surface area (Å²) >= 11 is 0. The van der Waals surface area contributed by atoms with Crippen molar-refractivity contribution in [1.29, 1.82) is 0 Å². The second-order valence-electron chi connectivity index (χ2n) is 1.46. The van der Waals surface area contributed by atoms with Crippen LogP contribution in [0.15, 0.2) is 0 Å². The SMILES string of the molecule is CCCCC[NH-].[CH3-].[CH3-].[CH3-].[CH3-].[Zr]. The third-order valence-electron chi connectivity index (χ3n) is 0.780. The Morgan fingerprint density at radius 1 is 0.909 bits per heavy atom. The van der Waals surface area contributed by atoms with Crippen molar-refractivity contribution in [3.63, 3.8) is 0 Å². The van der Waals surface area contributed by atoms with Crippen LogP contribution in [0.1, 0.15) is 26.2 Å². The van der Waals surface area contributed by atoms with Gasteiger partial charge in [-0.2, -0.15) is 6.54 Å². The van der Waals surface area contributed by atoms with Crippen LogP contribution in [-0.2, 0) is 26.2 Å². The van der Waals surface area contributed by atoms with Crippen molar-refractivity contribution in [3.05, 3.63) is 35.4 Å². The summed E-state index contributed by atoms with van der Waals surface area (Å²) in [7, 11) is 0. The first-order valence-corrected chi connectivity index (χ1v) is 2.56. The Morgan fingerprint density at radius 2 is 1.27 bits per heavy atom. The molecule has 0 saturated heterocycles. The molecule has 0 spiro atoms. The Morgan fingerprint density at radius 3 is 1.36 bits per heavy atom. The molecule has 2 heteroatoms. The van der Waals surface area contributed by atoms with Gasteiger partial charge in [0.1, 0.15) is 0 Å². The van der Waals surface area contributed by atoms with E-state index in [9.17, 15) is 0 Å². The van der Waals surface area contributed by atoms with Gasteiger partial charge in [-0.25, -0.2) is 0 Å². The molecule has 0 heterocycles. The van der Waals surface area contributed by atoms with Crippen LogP contribution in [0.2, 0.25) is 0 Å². The molecule has 74 valence electrons. The number of hydrogen-bond acceptors (Lipinski definition) is 0. The third-order valence-corrected chi connectivity index (χ3v) is 0.780. The molecule has 0 aromatic heterocycles. The van der Waals surface area contributed by atoms with Crippen LogP contribution >= 0.6 is 0 Å². The van der Waals surface area contributed by atoms with E-state index >= 15 is 0 Å². The maximum Gasteiger partial charge on any atom is 0 e. The molecule has 0 aliphatic carbocycles. The summed E-state index contributed by atoms with van der Waals surface area (Å²) in [6, 6.07) is 0. The first-order chi connectivity index (χ1) is 2.91. The van der Waals surface area contributed by atoms with E-state index in [-0.39, 0.29) is 55.9 Å². The second-order valence-corrected chi connectivity index (χ2v) is 1.46. The molecule has 0 saturated carbocycles. The second kappa shape index (κ2) is 44.8. The average molecular weight is 238 g/mol. The van der Waals surface area contributed by atoms with Crippen molar-refractivity contribution in [2.75, 3.05) is 6.54 Å². The predicted molar refractivity (Wildman–Crippen MR) is 54.4 cm³/mol. The Labute approximate surface area is 94.3 Å². The van der Waals surface area contributed by atoms with Crippen molar-refractivity contribution in [2.45, 2.75) is 26.2 Å². The van der Waals surface area contributed by atoms with Crippen molar-refractivity contribution in [2.24, 2.45) is 0 Å². The van der Waals surface area contributed by atoms with Crippen LogP contribution in [0.25, 0.3) is 5.73 Å². The van der Waals surface area contributed by atoms with E-state index in [0.717, 1.165) is 6.42 Å². The van der Waals surface area contributed by atoms with Crippen LogP contribution in [0, 0.1) is 29.7 Å². The quantitative estimate of drug-likeness (QED) is 0.523. The van der Waals surface area contributed by atoms with Crippen molar-refractivity contribution in [1.82, 2.24) is 0 Å². The molecule has 0 radical (unpaired) electrons. The minimum atomic E-state index is 0. The summed E-state index contributed by atoms with van der Waals surface area (Å²) in [6.07, 6.45) is 3.54. The molecule has 11 heavy (non-hydrogen) atoms. The zero-order valence-corrected chi connectivity index (χ0v) is 11.3. The molecule has 0 bridgehead atoms. The maximum absolute atomic E-state index is 6.71. The van der Waals surface area contributed by atoms with Crippen molar-refractivity contribution in [3.8, 4) is 0 Å². The molecule has 0 aliphatic rings. The normalized spacial score (nSPS) is 4.91. The largest absolute Gasteiger partial charge is 0.677 e. The van der Waals surface area contributed by atoms with Crippen LogP contribution in [-0.4, -0.2) is 6.54 Å². The number of unbranched alkanes of at least 4 members (excludes halogenated alkanes) is 2. The molecular formula is C9H24NZr-5. The van der Waals surface area contributed by atoms with Gasteiger partial charge in [0.25, 0.3) is 0 Å². The maximum atomic E-state index is 6.71. The molecule has 1 nitrogen and oxygen atoms in total. The molecule has 0 atom stereocenters. The molecule has 0 aliphatic heterocycles. The van der Waals surface area contributed by atoms with E-state index in [1.54, 1.807) is 0 Å². The molecule has 0 aromatic carbocycles. The van der Waals surface area contributed by atoms with Crippen LogP contribution in [0.4, 0.5) is 0 Å². The topological polar surface area (TPSA) is 23.8 Å². The fraction of sp³-hybridized carbons (Fsp3) is 0.556. The zero-order chi connectivity index (χ0) is 4.83. The summed E-state index contributed by atoms with van der Waals surface area (Å²) in [5, 5.41) is 0. The van der Waals surface area contributed by atoms with E-state index in [1.807, 2.05) is 0 Å². The fourth-order valence-electron chi connectivity index (χ4n) is 0.375. The Balaban J connectivity index is -0.0000000125.